The highest BCUT2D eigenvalue weighted by atomic mass is 16.5. The molecule has 0 aromatic rings. The summed E-state index contributed by atoms with van der Waals surface area (Å²) in [6, 6.07) is 0.311. The van der Waals surface area contributed by atoms with Crippen molar-refractivity contribution in [2.45, 2.75) is 57.3 Å². The molecule has 2 saturated carbocycles. The molecule has 1 aliphatic heterocycles. The minimum Gasteiger partial charge on any atom is -0.391 e. The van der Waals surface area contributed by atoms with E-state index in [9.17, 15) is 9.90 Å². The Bertz CT molecular complexity index is 365. The van der Waals surface area contributed by atoms with Gasteiger partial charge in [0.15, 0.2) is 0 Å². The maximum atomic E-state index is 12.4. The first-order chi connectivity index (χ1) is 10.1. The Kier molecular flexibility index (Phi) is 4.82. The van der Waals surface area contributed by atoms with Crippen LogP contribution in [0.15, 0.2) is 0 Å². The van der Waals surface area contributed by atoms with Crippen LogP contribution in [0.1, 0.15) is 39.0 Å². The molecular formula is C16H28N2O3. The second-order valence-electron chi connectivity index (χ2n) is 6.85. The summed E-state index contributed by atoms with van der Waals surface area (Å²) in [6.45, 7) is 5.89. The lowest BCUT2D eigenvalue weighted by Gasteiger charge is -2.39. The number of hydrogen-bond donors (Lipinski definition) is 1. The van der Waals surface area contributed by atoms with Crippen molar-refractivity contribution in [3.63, 3.8) is 0 Å². The minimum atomic E-state index is -0.311. The third-order valence-corrected chi connectivity index (χ3v) is 5.17. The fourth-order valence-corrected chi connectivity index (χ4v) is 3.51. The first kappa shape index (κ1) is 15.3. The van der Waals surface area contributed by atoms with Crippen molar-refractivity contribution in [1.82, 2.24) is 9.80 Å². The summed E-state index contributed by atoms with van der Waals surface area (Å²) in [5.41, 5.74) is 0. The molecule has 1 N–H and O–H groups in total. The van der Waals surface area contributed by atoms with Crippen molar-refractivity contribution in [3.05, 3.63) is 0 Å². The van der Waals surface area contributed by atoms with Crippen LogP contribution in [0.4, 0.5) is 0 Å². The lowest BCUT2D eigenvalue weighted by molar-refractivity contribution is -0.145. The number of piperazine rings is 1. The monoisotopic (exact) mass is 296 g/mol. The maximum Gasteiger partial charge on any atom is 0.251 e. The predicted molar refractivity (Wildman–Crippen MR) is 79.9 cm³/mol. The molecule has 0 aromatic carbocycles. The average Bonchev–Trinajstić information content (AvgIpc) is 3.24. The van der Waals surface area contributed by atoms with Gasteiger partial charge in [0.05, 0.1) is 12.7 Å². The Labute approximate surface area is 127 Å². The van der Waals surface area contributed by atoms with Crippen LogP contribution in [0.3, 0.4) is 0 Å². The molecule has 0 bridgehead atoms. The van der Waals surface area contributed by atoms with Gasteiger partial charge in [0, 0.05) is 32.2 Å². The summed E-state index contributed by atoms with van der Waals surface area (Å²) < 4.78 is 5.68. The van der Waals surface area contributed by atoms with Crippen LogP contribution in [-0.2, 0) is 9.53 Å². The lowest BCUT2D eigenvalue weighted by atomic mass is 10.1. The van der Waals surface area contributed by atoms with Gasteiger partial charge in [-0.05, 0) is 44.9 Å². The maximum absolute atomic E-state index is 12.4. The predicted octanol–water partition coefficient (Wildman–Crippen LogP) is 0.859. The SMILES string of the molecule is CC(OCC1CC1)C(=O)N1CCN(C2CCCC2O)CC1. The van der Waals surface area contributed by atoms with E-state index in [-0.39, 0.29) is 18.1 Å². The fourth-order valence-electron chi connectivity index (χ4n) is 3.51. The van der Waals surface area contributed by atoms with Gasteiger partial charge in [0.2, 0.25) is 0 Å². The van der Waals surface area contributed by atoms with E-state index in [1.54, 1.807) is 0 Å². The fraction of sp³-hybridized carbons (Fsp3) is 0.938. The summed E-state index contributed by atoms with van der Waals surface area (Å²) >= 11 is 0. The number of aliphatic hydroxyl groups excluding tert-OH is 1. The van der Waals surface area contributed by atoms with E-state index >= 15 is 0 Å². The van der Waals surface area contributed by atoms with Crippen molar-refractivity contribution in [3.8, 4) is 0 Å². The molecule has 120 valence electrons. The van der Waals surface area contributed by atoms with Gasteiger partial charge in [-0.1, -0.05) is 0 Å². The second-order valence-corrected chi connectivity index (χ2v) is 6.85. The zero-order chi connectivity index (χ0) is 14.8. The minimum absolute atomic E-state index is 0.127. The van der Waals surface area contributed by atoms with E-state index in [0.29, 0.717) is 12.0 Å². The molecule has 0 aromatic heterocycles. The summed E-state index contributed by atoms with van der Waals surface area (Å²) in [6.07, 6.45) is 5.16. The lowest BCUT2D eigenvalue weighted by Crippen LogP contribution is -2.55. The van der Waals surface area contributed by atoms with Gasteiger partial charge in [-0.3, -0.25) is 9.69 Å². The van der Waals surface area contributed by atoms with Gasteiger partial charge in [0.1, 0.15) is 6.10 Å². The molecule has 0 spiro atoms. The van der Waals surface area contributed by atoms with Gasteiger partial charge >= 0.3 is 0 Å². The average molecular weight is 296 g/mol. The number of carbonyl (C=O) groups excluding carboxylic acids is 1. The molecule has 3 aliphatic rings. The van der Waals surface area contributed by atoms with E-state index in [1.807, 2.05) is 11.8 Å². The van der Waals surface area contributed by atoms with E-state index in [1.165, 1.54) is 12.8 Å². The third-order valence-electron chi connectivity index (χ3n) is 5.17. The highest BCUT2D eigenvalue weighted by Crippen LogP contribution is 2.29. The quantitative estimate of drug-likeness (QED) is 0.817. The van der Waals surface area contributed by atoms with Crippen LogP contribution >= 0.6 is 0 Å². The van der Waals surface area contributed by atoms with E-state index in [0.717, 1.165) is 52.0 Å². The van der Waals surface area contributed by atoms with Crippen LogP contribution in [0, 0.1) is 5.92 Å². The number of rotatable bonds is 5. The molecule has 3 rings (SSSR count). The van der Waals surface area contributed by atoms with Gasteiger partial charge < -0.3 is 14.7 Å². The number of nitrogens with zero attached hydrogens (tertiary/aromatic N) is 2. The number of hydrogen-bond acceptors (Lipinski definition) is 4. The Morgan fingerprint density at radius 3 is 2.48 bits per heavy atom. The molecule has 1 saturated heterocycles. The van der Waals surface area contributed by atoms with E-state index in [2.05, 4.69) is 4.90 Å². The second kappa shape index (κ2) is 6.63. The summed E-state index contributed by atoms with van der Waals surface area (Å²) in [5, 5.41) is 9.99. The Hall–Kier alpha value is -0.650. The van der Waals surface area contributed by atoms with Gasteiger partial charge in [-0.15, -0.1) is 0 Å². The van der Waals surface area contributed by atoms with Crippen molar-refractivity contribution in [1.29, 1.82) is 0 Å². The topological polar surface area (TPSA) is 53.0 Å². The van der Waals surface area contributed by atoms with Crippen molar-refractivity contribution in [2.75, 3.05) is 32.8 Å². The van der Waals surface area contributed by atoms with E-state index < -0.39 is 0 Å². The first-order valence-electron chi connectivity index (χ1n) is 8.47. The summed E-state index contributed by atoms with van der Waals surface area (Å²) in [7, 11) is 0. The van der Waals surface area contributed by atoms with Crippen molar-refractivity contribution < 1.29 is 14.6 Å². The highest BCUT2D eigenvalue weighted by molar-refractivity contribution is 5.80. The zero-order valence-electron chi connectivity index (χ0n) is 13.0. The zero-order valence-corrected chi connectivity index (χ0v) is 13.0. The summed E-state index contributed by atoms with van der Waals surface area (Å²) in [4.78, 5) is 16.6. The third kappa shape index (κ3) is 3.76. The van der Waals surface area contributed by atoms with Crippen molar-refractivity contribution >= 4 is 5.91 Å². The normalized spacial score (nSPS) is 32.4. The molecule has 0 radical (unpaired) electrons. The number of amides is 1. The molecule has 5 nitrogen and oxygen atoms in total. The Morgan fingerprint density at radius 1 is 1.19 bits per heavy atom. The van der Waals surface area contributed by atoms with Gasteiger partial charge in [-0.2, -0.15) is 0 Å². The highest BCUT2D eigenvalue weighted by Gasteiger charge is 2.34. The smallest absolute Gasteiger partial charge is 0.251 e. The molecular weight excluding hydrogens is 268 g/mol. The van der Waals surface area contributed by atoms with E-state index in [4.69, 9.17) is 4.74 Å². The van der Waals surface area contributed by atoms with Gasteiger partial charge in [-0.25, -0.2) is 0 Å². The molecule has 1 amide bonds. The molecule has 3 fully saturated rings. The van der Waals surface area contributed by atoms with Crippen LogP contribution in [0.5, 0.6) is 0 Å². The number of ether oxygens (including phenoxy) is 1. The van der Waals surface area contributed by atoms with Crippen LogP contribution in [0.25, 0.3) is 0 Å². The summed E-state index contributed by atoms with van der Waals surface area (Å²) in [5.74, 6) is 0.822. The molecule has 5 heteroatoms. The Balaban J connectivity index is 1.42. The standard InChI is InChI=1S/C16H28N2O3/c1-12(21-11-13-5-6-13)16(20)18-9-7-17(8-10-18)14-3-2-4-15(14)19/h12-15,19H,2-11H2,1H3. The Morgan fingerprint density at radius 2 is 1.90 bits per heavy atom. The van der Waals surface area contributed by atoms with Crippen LogP contribution in [0.2, 0.25) is 0 Å². The largest absolute Gasteiger partial charge is 0.391 e. The molecule has 3 atom stereocenters. The molecule has 21 heavy (non-hydrogen) atoms. The van der Waals surface area contributed by atoms with Crippen molar-refractivity contribution in [2.24, 2.45) is 5.92 Å². The molecule has 3 unspecified atom stereocenters. The molecule has 1 heterocycles. The van der Waals surface area contributed by atoms with Crippen LogP contribution < -0.4 is 0 Å². The first-order valence-corrected chi connectivity index (χ1v) is 8.47. The van der Waals surface area contributed by atoms with Gasteiger partial charge in [0.25, 0.3) is 5.91 Å². The molecule has 2 aliphatic carbocycles. The number of aliphatic hydroxyl groups is 1. The van der Waals surface area contributed by atoms with Crippen LogP contribution in [-0.4, -0.2) is 71.8 Å². The number of carbonyl (C=O) groups is 1.